The van der Waals surface area contributed by atoms with Gasteiger partial charge in [0.25, 0.3) is 0 Å². The molecule has 1 aromatic rings. The van der Waals surface area contributed by atoms with Gasteiger partial charge in [0.15, 0.2) is 11.6 Å². The Labute approximate surface area is 191 Å². The van der Waals surface area contributed by atoms with E-state index in [-0.39, 0.29) is 47.3 Å². The number of carbonyl (C=O) groups excluding carboxylic acids is 2. The number of halogens is 3. The zero-order valence-corrected chi connectivity index (χ0v) is 19.6. The topological polar surface area (TPSA) is 93.6 Å². The van der Waals surface area contributed by atoms with Crippen LogP contribution in [-0.2, 0) is 25.7 Å². The molecule has 3 aliphatic rings. The summed E-state index contributed by atoms with van der Waals surface area (Å²) in [6.07, 6.45) is -2.53. The average Bonchev–Trinajstić information content (AvgIpc) is 2.98. The van der Waals surface area contributed by atoms with Crippen LogP contribution in [0.2, 0.25) is 0 Å². The second-order valence-corrected chi connectivity index (χ2v) is 10.5. The molecule has 0 saturated heterocycles. The number of alkyl halides is 3. The number of sulfonamides is 1. The van der Waals surface area contributed by atoms with Crippen molar-refractivity contribution in [1.82, 2.24) is 9.29 Å². The quantitative estimate of drug-likeness (QED) is 0.411. The van der Waals surface area contributed by atoms with Gasteiger partial charge in [0.05, 0.1) is 24.5 Å². The Balaban J connectivity index is 2.22. The lowest BCUT2D eigenvalue weighted by molar-refractivity contribution is -0.141. The molecular formula is C22H27F3N2O5S. The van der Waals surface area contributed by atoms with Crippen LogP contribution >= 0.6 is 0 Å². The lowest BCUT2D eigenvalue weighted by Crippen LogP contribution is -2.39. The van der Waals surface area contributed by atoms with Crippen molar-refractivity contribution in [3.63, 3.8) is 0 Å². The number of nitrogens with zero attached hydrogens (tertiary/aromatic N) is 2. The van der Waals surface area contributed by atoms with Gasteiger partial charge in [-0.15, -0.1) is 0 Å². The second kappa shape index (κ2) is 9.54. The molecule has 0 atom stereocenters. The number of allylic oxidation sites excluding steroid dienone is 2. The number of methoxy groups -OCH3 is 1. The number of Topliss-reactive ketones (excluding diaryl/α,β-unsaturated/α-hetero) is 2. The minimum absolute atomic E-state index is 0.0510. The highest BCUT2D eigenvalue weighted by molar-refractivity contribution is 7.89. The molecule has 0 N–H and O–H groups in total. The Hall–Kier alpha value is -2.27. The van der Waals surface area contributed by atoms with Crippen molar-refractivity contribution in [2.75, 3.05) is 26.0 Å². The Morgan fingerprint density at radius 1 is 1.18 bits per heavy atom. The van der Waals surface area contributed by atoms with Gasteiger partial charge >= 0.3 is 6.18 Å². The first kappa shape index (κ1) is 25.4. The number of hydrogen-bond donors (Lipinski definition) is 0. The predicted molar refractivity (Wildman–Crippen MR) is 114 cm³/mol. The van der Waals surface area contributed by atoms with E-state index in [0.717, 1.165) is 10.4 Å². The van der Waals surface area contributed by atoms with Gasteiger partial charge in [-0.2, -0.15) is 13.2 Å². The van der Waals surface area contributed by atoms with Crippen LogP contribution in [0, 0.1) is 18.8 Å². The van der Waals surface area contributed by atoms with Crippen molar-refractivity contribution in [3.8, 4) is 0 Å². The average molecular weight is 489 g/mol. The highest BCUT2D eigenvalue weighted by Gasteiger charge is 2.44. The van der Waals surface area contributed by atoms with Crippen LogP contribution in [0.4, 0.5) is 13.2 Å². The van der Waals surface area contributed by atoms with E-state index in [4.69, 9.17) is 4.74 Å². The van der Waals surface area contributed by atoms with Crippen molar-refractivity contribution in [1.29, 1.82) is 0 Å². The maximum Gasteiger partial charge on any atom is 0.433 e. The predicted octanol–water partition coefficient (Wildman–Crippen LogP) is 3.53. The molecule has 0 spiro atoms. The molecule has 0 amide bonds. The number of ether oxygens (including phenoxy) is 1. The van der Waals surface area contributed by atoms with Crippen molar-refractivity contribution < 1.29 is 35.9 Å². The van der Waals surface area contributed by atoms with Gasteiger partial charge < -0.3 is 4.74 Å². The molecule has 1 fully saturated rings. The van der Waals surface area contributed by atoms with E-state index in [2.05, 4.69) is 4.98 Å². The van der Waals surface area contributed by atoms with Crippen LogP contribution in [-0.4, -0.2) is 55.3 Å². The number of pyridine rings is 1. The maximum atomic E-state index is 13.6. The molecule has 182 valence electrons. The fraction of sp³-hybridized carbons (Fsp3) is 0.591. The molecule has 11 heteroatoms. The third-order valence-corrected chi connectivity index (χ3v) is 8.08. The number of carbonyl (C=O) groups is 2. The van der Waals surface area contributed by atoms with Crippen LogP contribution in [0.15, 0.2) is 23.4 Å². The Morgan fingerprint density at radius 2 is 1.79 bits per heavy atom. The van der Waals surface area contributed by atoms with E-state index in [9.17, 15) is 31.2 Å². The monoisotopic (exact) mass is 488 g/mol. The molecule has 2 bridgehead atoms. The maximum absolute atomic E-state index is 13.6. The van der Waals surface area contributed by atoms with E-state index in [1.54, 1.807) is 0 Å². The first-order chi connectivity index (χ1) is 15.4. The highest BCUT2D eigenvalue weighted by Crippen LogP contribution is 2.43. The minimum atomic E-state index is -4.68. The Bertz CT molecular complexity index is 1070. The number of hydrogen-bond acceptors (Lipinski definition) is 6. The molecule has 0 aromatic carbocycles. The molecular weight excluding hydrogens is 461 g/mol. The fourth-order valence-corrected chi connectivity index (χ4v) is 5.76. The molecule has 1 heterocycles. The van der Waals surface area contributed by atoms with E-state index >= 15 is 0 Å². The minimum Gasteiger partial charge on any atom is -0.383 e. The summed E-state index contributed by atoms with van der Waals surface area (Å²) in [6, 6.07) is 1.70. The number of ketones is 2. The fourth-order valence-electron chi connectivity index (χ4n) is 4.55. The lowest BCUT2D eigenvalue weighted by Gasteiger charge is -2.32. The summed E-state index contributed by atoms with van der Waals surface area (Å²) in [4.78, 5) is 30.6. The third-order valence-electron chi connectivity index (χ3n) is 6.30. The first-order valence-electron chi connectivity index (χ1n) is 10.8. The molecule has 7 nitrogen and oxygen atoms in total. The normalized spacial score (nSPS) is 21.3. The van der Waals surface area contributed by atoms with Crippen molar-refractivity contribution in [2.24, 2.45) is 11.8 Å². The van der Waals surface area contributed by atoms with Gasteiger partial charge in [-0.25, -0.2) is 13.4 Å². The van der Waals surface area contributed by atoms with Gasteiger partial charge in [-0.3, -0.25) is 13.9 Å². The highest BCUT2D eigenvalue weighted by atomic mass is 32.2. The summed E-state index contributed by atoms with van der Waals surface area (Å²) >= 11 is 0. The largest absolute Gasteiger partial charge is 0.433 e. The molecule has 0 radical (unpaired) electrons. The lowest BCUT2D eigenvalue weighted by atomic mass is 9.82. The van der Waals surface area contributed by atoms with Crippen molar-refractivity contribution >= 4 is 21.6 Å². The standard InChI is InChI=1S/C22H27F3N2O5S/c1-4-33(30,31)27(11-12-32-3)19-14-5-7-15(8-6-14)20(28)18(19)21(29)16-9-10-17(22(23,24)25)26-13(16)2/h9-10,14-15H,4-8,11-12H2,1-3H3. The van der Waals surface area contributed by atoms with Crippen molar-refractivity contribution in [2.45, 2.75) is 45.7 Å². The molecule has 4 rings (SSSR count). The second-order valence-electron chi connectivity index (χ2n) is 8.29. The first-order valence-corrected chi connectivity index (χ1v) is 12.4. The van der Waals surface area contributed by atoms with E-state index in [0.29, 0.717) is 31.7 Å². The van der Waals surface area contributed by atoms with Gasteiger partial charge in [-0.05, 0) is 51.7 Å². The molecule has 33 heavy (non-hydrogen) atoms. The van der Waals surface area contributed by atoms with Crippen LogP contribution in [0.5, 0.6) is 0 Å². The smallest absolute Gasteiger partial charge is 0.383 e. The zero-order chi connectivity index (χ0) is 24.6. The summed E-state index contributed by atoms with van der Waals surface area (Å²) < 4.78 is 71.3. The third kappa shape index (κ3) is 4.98. The number of aromatic nitrogens is 1. The number of rotatable bonds is 8. The summed E-state index contributed by atoms with van der Waals surface area (Å²) in [5.41, 5.74) is -1.58. The molecule has 1 saturated carbocycles. The molecule has 3 aliphatic carbocycles. The summed E-state index contributed by atoms with van der Waals surface area (Å²) in [7, 11) is -2.44. The SMILES string of the molecule is CCS(=O)(=O)N(CCOC)C1=C(C(=O)c2ccc(C(F)(F)F)nc2C)C(=O)C2CCC1CC2. The summed E-state index contributed by atoms with van der Waals surface area (Å²) in [5, 5.41) is 0. The van der Waals surface area contributed by atoms with Crippen LogP contribution < -0.4 is 0 Å². The number of aryl methyl sites for hydroxylation is 1. The van der Waals surface area contributed by atoms with E-state index in [1.807, 2.05) is 0 Å². The van der Waals surface area contributed by atoms with Crippen LogP contribution in [0.3, 0.4) is 0 Å². The van der Waals surface area contributed by atoms with Gasteiger partial charge in [0.2, 0.25) is 10.0 Å². The van der Waals surface area contributed by atoms with E-state index < -0.39 is 39.4 Å². The Morgan fingerprint density at radius 3 is 2.30 bits per heavy atom. The Kier molecular flexibility index (Phi) is 7.33. The van der Waals surface area contributed by atoms with Gasteiger partial charge in [0, 0.05) is 35.9 Å². The van der Waals surface area contributed by atoms with Crippen LogP contribution in [0.1, 0.15) is 54.4 Å². The van der Waals surface area contributed by atoms with Crippen LogP contribution in [0.25, 0.3) is 0 Å². The zero-order valence-electron chi connectivity index (χ0n) is 18.7. The van der Waals surface area contributed by atoms with E-state index in [1.165, 1.54) is 21.0 Å². The van der Waals surface area contributed by atoms with Gasteiger partial charge in [0.1, 0.15) is 5.69 Å². The number of fused-ring (bicyclic) bond motifs is 3. The van der Waals surface area contributed by atoms with Crippen molar-refractivity contribution in [3.05, 3.63) is 40.4 Å². The van der Waals surface area contributed by atoms with Gasteiger partial charge in [-0.1, -0.05) is 0 Å². The summed E-state index contributed by atoms with van der Waals surface area (Å²) in [5.74, 6) is -2.24. The molecule has 0 aliphatic heterocycles. The summed E-state index contributed by atoms with van der Waals surface area (Å²) in [6.45, 7) is 2.72. The molecule has 1 aromatic heterocycles. The molecule has 0 unspecified atom stereocenters.